The Hall–Kier alpha value is -3.26. The maximum atomic E-state index is 5.72. The first-order valence-electron chi connectivity index (χ1n) is 11.6. The molecular formula is C30H33O2. The highest BCUT2D eigenvalue weighted by atomic mass is 16.5. The molecule has 0 fully saturated rings. The molecule has 0 aliphatic heterocycles. The molecule has 0 atom stereocenters. The number of benzene rings is 3. The predicted molar refractivity (Wildman–Crippen MR) is 137 cm³/mol. The highest BCUT2D eigenvalue weighted by Gasteiger charge is 1.96. The van der Waals surface area contributed by atoms with Gasteiger partial charge < -0.3 is 9.47 Å². The third-order valence-corrected chi connectivity index (χ3v) is 5.08. The van der Waals surface area contributed by atoms with Gasteiger partial charge in [-0.15, -0.1) is 0 Å². The van der Waals surface area contributed by atoms with Crippen molar-refractivity contribution in [3.05, 3.63) is 95.1 Å². The van der Waals surface area contributed by atoms with Crippen molar-refractivity contribution in [1.29, 1.82) is 0 Å². The van der Waals surface area contributed by atoms with E-state index in [-0.39, 0.29) is 0 Å². The van der Waals surface area contributed by atoms with E-state index >= 15 is 0 Å². The van der Waals surface area contributed by atoms with Crippen molar-refractivity contribution < 1.29 is 9.47 Å². The Morgan fingerprint density at radius 3 is 1.53 bits per heavy atom. The molecule has 1 radical (unpaired) electrons. The van der Waals surface area contributed by atoms with E-state index in [1.165, 1.54) is 0 Å². The Balaban J connectivity index is 1.51. The fourth-order valence-electron chi connectivity index (χ4n) is 3.05. The third-order valence-electron chi connectivity index (χ3n) is 5.08. The second kappa shape index (κ2) is 13.2. The second-order valence-electron chi connectivity index (χ2n) is 7.79. The van der Waals surface area contributed by atoms with Crippen molar-refractivity contribution in [3.8, 4) is 11.5 Å². The standard InChI is InChI=1S/C30H33O2/c1-3-5-23-31-29-19-15-27(16-20-29)13-11-25-7-9-26(10-8-25)12-14-28-17-21-30(22-18-28)32-24-6-4-2/h7-9,11-22H,3-6,23-24H2,1-2H3/b13-11+,14-12?. The van der Waals surface area contributed by atoms with Gasteiger partial charge in [0.1, 0.15) is 11.5 Å². The van der Waals surface area contributed by atoms with E-state index in [0.717, 1.165) is 72.6 Å². The zero-order chi connectivity index (χ0) is 22.4. The third kappa shape index (κ3) is 8.11. The summed E-state index contributed by atoms with van der Waals surface area (Å²) < 4.78 is 11.4. The summed E-state index contributed by atoms with van der Waals surface area (Å²) in [5.41, 5.74) is 4.48. The van der Waals surface area contributed by atoms with Crippen molar-refractivity contribution in [2.24, 2.45) is 0 Å². The van der Waals surface area contributed by atoms with Crippen LogP contribution in [-0.2, 0) is 0 Å². The van der Waals surface area contributed by atoms with Gasteiger partial charge in [0, 0.05) is 0 Å². The molecule has 0 saturated heterocycles. The molecule has 3 aromatic carbocycles. The molecule has 0 aromatic heterocycles. The van der Waals surface area contributed by atoms with E-state index in [1.54, 1.807) is 0 Å². The number of hydrogen-bond acceptors (Lipinski definition) is 2. The zero-order valence-corrected chi connectivity index (χ0v) is 19.2. The highest BCUT2D eigenvalue weighted by Crippen LogP contribution is 2.17. The fourth-order valence-corrected chi connectivity index (χ4v) is 3.05. The van der Waals surface area contributed by atoms with Gasteiger partial charge in [-0.3, -0.25) is 0 Å². The summed E-state index contributed by atoms with van der Waals surface area (Å²) in [6, 6.07) is 26.0. The lowest BCUT2D eigenvalue weighted by Gasteiger charge is -2.05. The molecule has 0 unspecified atom stereocenters. The van der Waals surface area contributed by atoms with Crippen molar-refractivity contribution >= 4 is 24.3 Å². The summed E-state index contributed by atoms with van der Waals surface area (Å²) >= 11 is 0. The lowest BCUT2D eigenvalue weighted by atomic mass is 10.1. The molecule has 0 bridgehead atoms. The molecule has 32 heavy (non-hydrogen) atoms. The van der Waals surface area contributed by atoms with Crippen molar-refractivity contribution in [2.45, 2.75) is 39.5 Å². The minimum Gasteiger partial charge on any atom is -0.494 e. The summed E-state index contributed by atoms with van der Waals surface area (Å²) in [5.74, 6) is 1.86. The van der Waals surface area contributed by atoms with Crippen LogP contribution in [0.1, 0.15) is 61.8 Å². The molecule has 2 heteroatoms. The Bertz CT molecular complexity index is 882. The molecule has 3 rings (SSSR count). The largest absolute Gasteiger partial charge is 0.494 e. The zero-order valence-electron chi connectivity index (χ0n) is 19.2. The van der Waals surface area contributed by atoms with Gasteiger partial charge in [-0.05, 0) is 71.5 Å². The van der Waals surface area contributed by atoms with Crippen LogP contribution < -0.4 is 9.47 Å². The molecule has 0 N–H and O–H groups in total. The van der Waals surface area contributed by atoms with E-state index in [2.05, 4.69) is 80.6 Å². The smallest absolute Gasteiger partial charge is 0.119 e. The second-order valence-corrected chi connectivity index (χ2v) is 7.79. The Kier molecular flexibility index (Phi) is 9.67. The van der Waals surface area contributed by atoms with Crippen LogP contribution in [0.4, 0.5) is 0 Å². The quantitative estimate of drug-likeness (QED) is 0.215. The molecule has 0 aliphatic carbocycles. The lowest BCUT2D eigenvalue weighted by Crippen LogP contribution is -1.95. The Morgan fingerprint density at radius 1 is 0.594 bits per heavy atom. The average Bonchev–Trinajstić information content (AvgIpc) is 2.84. The van der Waals surface area contributed by atoms with Crippen LogP contribution in [-0.4, -0.2) is 13.2 Å². The minimum absolute atomic E-state index is 0.778. The van der Waals surface area contributed by atoms with Gasteiger partial charge in [0.05, 0.1) is 13.2 Å². The van der Waals surface area contributed by atoms with Gasteiger partial charge in [-0.25, -0.2) is 0 Å². The van der Waals surface area contributed by atoms with Gasteiger partial charge >= 0.3 is 0 Å². The van der Waals surface area contributed by atoms with E-state index in [9.17, 15) is 0 Å². The van der Waals surface area contributed by atoms with Crippen LogP contribution in [0.2, 0.25) is 0 Å². The maximum absolute atomic E-state index is 5.72. The van der Waals surface area contributed by atoms with E-state index in [0.29, 0.717) is 0 Å². The van der Waals surface area contributed by atoms with Gasteiger partial charge in [0.25, 0.3) is 0 Å². The first kappa shape index (κ1) is 23.4. The van der Waals surface area contributed by atoms with E-state index in [4.69, 9.17) is 9.47 Å². The van der Waals surface area contributed by atoms with Crippen LogP contribution in [0, 0.1) is 6.07 Å². The summed E-state index contributed by atoms with van der Waals surface area (Å²) in [4.78, 5) is 0. The predicted octanol–water partition coefficient (Wildman–Crippen LogP) is 8.19. The van der Waals surface area contributed by atoms with Gasteiger partial charge in [0.2, 0.25) is 0 Å². The molecule has 165 valence electrons. The normalized spacial score (nSPS) is 11.3. The van der Waals surface area contributed by atoms with Crippen LogP contribution in [0.15, 0.2) is 66.7 Å². The Morgan fingerprint density at radius 2 is 1.06 bits per heavy atom. The van der Waals surface area contributed by atoms with Crippen molar-refractivity contribution in [1.82, 2.24) is 0 Å². The molecule has 0 saturated carbocycles. The average molecular weight is 426 g/mol. The summed E-state index contributed by atoms with van der Waals surface area (Å²) in [6.45, 7) is 5.89. The molecule has 0 aliphatic rings. The lowest BCUT2D eigenvalue weighted by molar-refractivity contribution is 0.309. The minimum atomic E-state index is 0.778. The van der Waals surface area contributed by atoms with Crippen LogP contribution in [0.5, 0.6) is 11.5 Å². The molecule has 3 aromatic rings. The fraction of sp³-hybridized carbons (Fsp3) is 0.267. The first-order valence-corrected chi connectivity index (χ1v) is 11.6. The number of ether oxygens (including phenoxy) is 2. The van der Waals surface area contributed by atoms with Gasteiger partial charge in [0.15, 0.2) is 0 Å². The number of hydrogen-bond donors (Lipinski definition) is 0. The van der Waals surface area contributed by atoms with Crippen molar-refractivity contribution in [2.75, 3.05) is 13.2 Å². The molecule has 0 heterocycles. The van der Waals surface area contributed by atoms with Gasteiger partial charge in [-0.2, -0.15) is 0 Å². The summed E-state index contributed by atoms with van der Waals surface area (Å²) in [5, 5.41) is 0. The van der Waals surface area contributed by atoms with Gasteiger partial charge in [-0.1, -0.05) is 87.4 Å². The van der Waals surface area contributed by atoms with E-state index in [1.807, 2.05) is 30.3 Å². The SMILES string of the molecule is CCCCOc1ccc(C=Cc2[c]cc(/C=C/c3ccc(OCCCC)cc3)cc2)cc1. The summed E-state index contributed by atoms with van der Waals surface area (Å²) in [7, 11) is 0. The van der Waals surface area contributed by atoms with E-state index < -0.39 is 0 Å². The molecule has 0 amide bonds. The number of rotatable bonds is 12. The number of unbranched alkanes of at least 4 members (excludes halogenated alkanes) is 2. The molecular weight excluding hydrogens is 392 g/mol. The van der Waals surface area contributed by atoms with Crippen LogP contribution in [0.25, 0.3) is 24.3 Å². The monoisotopic (exact) mass is 425 g/mol. The molecule has 0 spiro atoms. The van der Waals surface area contributed by atoms with Crippen LogP contribution in [0.3, 0.4) is 0 Å². The van der Waals surface area contributed by atoms with Crippen molar-refractivity contribution in [3.63, 3.8) is 0 Å². The maximum Gasteiger partial charge on any atom is 0.119 e. The highest BCUT2D eigenvalue weighted by molar-refractivity contribution is 5.73. The first-order chi connectivity index (χ1) is 15.8. The summed E-state index contributed by atoms with van der Waals surface area (Å²) in [6.07, 6.45) is 12.9. The Labute approximate surface area is 193 Å². The molecule has 2 nitrogen and oxygen atoms in total. The topological polar surface area (TPSA) is 18.5 Å². The van der Waals surface area contributed by atoms with Crippen LogP contribution >= 0.6 is 0 Å².